The van der Waals surface area contributed by atoms with E-state index in [1.165, 1.54) is 7.11 Å². The van der Waals surface area contributed by atoms with Gasteiger partial charge >= 0.3 is 0 Å². The van der Waals surface area contributed by atoms with E-state index in [-0.39, 0.29) is 23.1 Å². The average molecular weight is 382 g/mol. The van der Waals surface area contributed by atoms with Crippen LogP contribution in [0.1, 0.15) is 51.9 Å². The summed E-state index contributed by atoms with van der Waals surface area (Å²) >= 11 is 0. The number of rotatable bonds is 8. The van der Waals surface area contributed by atoms with Crippen LogP contribution in [0.4, 0.5) is 13.2 Å². The minimum absolute atomic E-state index is 0.000233. The molecular formula is C20H25F3N2O2. The highest BCUT2D eigenvalue weighted by atomic mass is 19.2. The van der Waals surface area contributed by atoms with E-state index in [2.05, 4.69) is 9.97 Å². The molecule has 4 nitrogen and oxygen atoms in total. The number of halogens is 3. The molecule has 0 bridgehead atoms. The second-order valence-corrected chi connectivity index (χ2v) is 6.10. The quantitative estimate of drug-likeness (QED) is 0.584. The Hall–Kier alpha value is -2.31. The number of methoxy groups -OCH3 is 1. The zero-order valence-corrected chi connectivity index (χ0v) is 16.3. The van der Waals surface area contributed by atoms with Gasteiger partial charge in [0.25, 0.3) is 0 Å². The molecule has 0 radical (unpaired) electrons. The van der Waals surface area contributed by atoms with E-state index in [1.807, 2.05) is 27.7 Å². The third-order valence-electron chi connectivity index (χ3n) is 4.45. The molecule has 0 aliphatic carbocycles. The predicted octanol–water partition coefficient (Wildman–Crippen LogP) is 5.26. The van der Waals surface area contributed by atoms with E-state index < -0.39 is 17.5 Å². The fraction of sp³-hybridized carbons (Fsp3) is 0.500. The summed E-state index contributed by atoms with van der Waals surface area (Å²) < 4.78 is 53.0. The van der Waals surface area contributed by atoms with Gasteiger partial charge in [-0.2, -0.15) is 4.39 Å². The van der Waals surface area contributed by atoms with E-state index in [0.717, 1.165) is 18.9 Å². The fourth-order valence-corrected chi connectivity index (χ4v) is 2.79. The molecule has 2 rings (SSSR count). The fourth-order valence-electron chi connectivity index (χ4n) is 2.79. The summed E-state index contributed by atoms with van der Waals surface area (Å²) in [5, 5.41) is 0. The average Bonchev–Trinajstić information content (AvgIpc) is 2.70. The molecule has 0 amide bonds. The van der Waals surface area contributed by atoms with Crippen LogP contribution in [0.25, 0.3) is 11.3 Å². The zero-order chi connectivity index (χ0) is 20.1. The monoisotopic (exact) mass is 382 g/mol. The first-order valence-corrected chi connectivity index (χ1v) is 9.19. The van der Waals surface area contributed by atoms with Crippen LogP contribution in [0.5, 0.6) is 11.6 Å². The summed E-state index contributed by atoms with van der Waals surface area (Å²) in [7, 11) is 1.19. The zero-order valence-electron chi connectivity index (χ0n) is 16.3. The summed E-state index contributed by atoms with van der Waals surface area (Å²) in [5.74, 6) is -4.25. The molecular weight excluding hydrogens is 357 g/mol. The van der Waals surface area contributed by atoms with Crippen molar-refractivity contribution in [3.8, 4) is 22.9 Å². The Morgan fingerprint density at radius 1 is 0.889 bits per heavy atom. The van der Waals surface area contributed by atoms with Crippen LogP contribution in [-0.2, 0) is 12.8 Å². The second kappa shape index (κ2) is 9.06. The van der Waals surface area contributed by atoms with Gasteiger partial charge in [-0.3, -0.25) is 0 Å². The van der Waals surface area contributed by atoms with Crippen LogP contribution in [0, 0.1) is 17.5 Å². The number of ether oxygens (including phenoxy) is 2. The highest BCUT2D eigenvalue weighted by Crippen LogP contribution is 2.34. The molecule has 0 saturated heterocycles. The minimum Gasteiger partial charge on any atom is -0.494 e. The summed E-state index contributed by atoms with van der Waals surface area (Å²) in [5.41, 5.74) is 0.970. The maximum atomic E-state index is 14.5. The molecule has 148 valence electrons. The van der Waals surface area contributed by atoms with Gasteiger partial charge in [0.2, 0.25) is 11.7 Å². The van der Waals surface area contributed by atoms with Gasteiger partial charge in [0, 0.05) is 5.56 Å². The van der Waals surface area contributed by atoms with Gasteiger partial charge in [0.05, 0.1) is 24.6 Å². The number of aryl methyl sites for hydroxylation is 2. The van der Waals surface area contributed by atoms with E-state index in [0.29, 0.717) is 30.1 Å². The van der Waals surface area contributed by atoms with Crippen LogP contribution >= 0.6 is 0 Å². The maximum Gasteiger partial charge on any atom is 0.236 e. The van der Waals surface area contributed by atoms with E-state index in [4.69, 9.17) is 9.47 Å². The molecule has 1 heterocycles. The van der Waals surface area contributed by atoms with Gasteiger partial charge < -0.3 is 9.47 Å². The Morgan fingerprint density at radius 2 is 1.52 bits per heavy atom. The highest BCUT2D eigenvalue weighted by Gasteiger charge is 2.24. The molecule has 1 aromatic heterocycles. The Balaban J connectivity index is 2.66. The van der Waals surface area contributed by atoms with Gasteiger partial charge in [0.1, 0.15) is 5.69 Å². The highest BCUT2D eigenvalue weighted by molar-refractivity contribution is 5.65. The number of hydrogen-bond acceptors (Lipinski definition) is 4. The van der Waals surface area contributed by atoms with E-state index >= 15 is 0 Å². The smallest absolute Gasteiger partial charge is 0.236 e. The van der Waals surface area contributed by atoms with Crippen molar-refractivity contribution in [1.29, 1.82) is 0 Å². The molecule has 1 aromatic carbocycles. The number of hydrogen-bond donors (Lipinski definition) is 0. The normalized spacial score (nSPS) is 11.1. The number of benzene rings is 1. The Labute approximate surface area is 157 Å². The van der Waals surface area contributed by atoms with Crippen molar-refractivity contribution < 1.29 is 22.6 Å². The first-order chi connectivity index (χ1) is 12.9. The third-order valence-corrected chi connectivity index (χ3v) is 4.45. The summed E-state index contributed by atoms with van der Waals surface area (Å²) in [6.45, 7) is 7.74. The topological polar surface area (TPSA) is 44.2 Å². The minimum atomic E-state index is -1.59. The van der Waals surface area contributed by atoms with Crippen LogP contribution < -0.4 is 9.47 Å². The number of aromatic nitrogens is 2. The molecule has 0 aliphatic rings. The Morgan fingerprint density at radius 3 is 2.04 bits per heavy atom. The summed E-state index contributed by atoms with van der Waals surface area (Å²) in [6, 6.07) is 1.11. The van der Waals surface area contributed by atoms with E-state index in [9.17, 15) is 13.2 Å². The lowest BCUT2D eigenvalue weighted by molar-refractivity contribution is 0.181. The number of nitrogens with zero attached hydrogens (tertiary/aromatic N) is 2. The molecule has 2 aromatic rings. The molecule has 0 aliphatic heterocycles. The molecule has 27 heavy (non-hydrogen) atoms. The van der Waals surface area contributed by atoms with E-state index in [1.54, 1.807) is 0 Å². The SMILES string of the molecule is CCc1nc(-c2cc(OC)c(F)c(F)c2F)c(CC)nc1OC(CC)CC. The molecule has 0 atom stereocenters. The third kappa shape index (κ3) is 4.17. The molecule has 7 heteroatoms. The lowest BCUT2D eigenvalue weighted by Crippen LogP contribution is -2.17. The first kappa shape index (κ1) is 21.0. The molecule has 0 unspecified atom stereocenters. The van der Waals surface area contributed by atoms with Crippen molar-refractivity contribution in [3.05, 3.63) is 34.9 Å². The molecule has 0 fully saturated rings. The Bertz CT molecular complexity index is 809. The van der Waals surface area contributed by atoms with Crippen LogP contribution in [0.3, 0.4) is 0 Å². The van der Waals surface area contributed by atoms with Crippen LogP contribution in [-0.4, -0.2) is 23.2 Å². The lowest BCUT2D eigenvalue weighted by atomic mass is 10.1. The molecule has 0 spiro atoms. The standard InChI is InChI=1S/C20H25F3N2O2/c1-6-11(7-2)27-20-14(9-4)24-19(13(8-3)25-20)12-10-15(26-5)17(22)18(23)16(12)21/h10-11H,6-9H2,1-5H3. The van der Waals surface area contributed by atoms with Crippen molar-refractivity contribution in [2.75, 3.05) is 7.11 Å². The second-order valence-electron chi connectivity index (χ2n) is 6.10. The van der Waals surface area contributed by atoms with Crippen molar-refractivity contribution in [2.45, 2.75) is 59.5 Å². The maximum absolute atomic E-state index is 14.5. The largest absolute Gasteiger partial charge is 0.494 e. The van der Waals surface area contributed by atoms with Gasteiger partial charge in [-0.25, -0.2) is 18.7 Å². The van der Waals surface area contributed by atoms with Crippen LogP contribution in [0.15, 0.2) is 6.07 Å². The van der Waals surface area contributed by atoms with Crippen molar-refractivity contribution >= 4 is 0 Å². The van der Waals surface area contributed by atoms with Gasteiger partial charge in [-0.1, -0.05) is 27.7 Å². The Kier molecular flexibility index (Phi) is 7.05. The predicted molar refractivity (Wildman–Crippen MR) is 97.6 cm³/mol. The summed E-state index contributed by atoms with van der Waals surface area (Å²) in [6.07, 6.45) is 2.56. The van der Waals surface area contributed by atoms with Gasteiger partial charge in [-0.05, 0) is 31.7 Å². The van der Waals surface area contributed by atoms with Crippen molar-refractivity contribution in [2.24, 2.45) is 0 Å². The van der Waals surface area contributed by atoms with Gasteiger partial charge in [-0.15, -0.1) is 0 Å². The van der Waals surface area contributed by atoms with Gasteiger partial charge in [0.15, 0.2) is 17.4 Å². The first-order valence-electron chi connectivity index (χ1n) is 9.19. The van der Waals surface area contributed by atoms with Crippen molar-refractivity contribution in [1.82, 2.24) is 9.97 Å². The van der Waals surface area contributed by atoms with Crippen LogP contribution in [0.2, 0.25) is 0 Å². The van der Waals surface area contributed by atoms with Crippen molar-refractivity contribution in [3.63, 3.8) is 0 Å². The summed E-state index contributed by atoms with van der Waals surface area (Å²) in [4.78, 5) is 9.00. The molecule has 0 N–H and O–H groups in total. The lowest BCUT2D eigenvalue weighted by Gasteiger charge is -2.19. The molecule has 0 saturated carbocycles.